The second kappa shape index (κ2) is 8.20. The molecule has 0 bridgehead atoms. The minimum Gasteiger partial charge on any atom is -0.337 e. The van der Waals surface area contributed by atoms with Gasteiger partial charge in [-0.05, 0) is 32.0 Å². The van der Waals surface area contributed by atoms with Crippen molar-refractivity contribution in [3.8, 4) is 0 Å². The van der Waals surface area contributed by atoms with Crippen molar-refractivity contribution in [1.29, 1.82) is 0 Å². The molecular weight excluding hydrogens is 443 g/mol. The van der Waals surface area contributed by atoms with Crippen LogP contribution in [0.25, 0.3) is 11.1 Å². The van der Waals surface area contributed by atoms with Crippen LogP contribution in [0, 0.1) is 0 Å². The highest BCUT2D eigenvalue weighted by atomic mass is 32.2. The third-order valence-electron chi connectivity index (χ3n) is 5.17. The fraction of sp³-hybridized carbons (Fsp3) is 0.273. The molecular formula is C22H21F3N3OS2+. The molecule has 0 aliphatic carbocycles. The lowest BCUT2D eigenvalue weighted by Crippen LogP contribution is -2.36. The first-order chi connectivity index (χ1) is 14.8. The van der Waals surface area contributed by atoms with Gasteiger partial charge in [0.15, 0.2) is 6.20 Å². The highest BCUT2D eigenvalue weighted by Gasteiger charge is 2.38. The molecule has 4 nitrogen and oxygen atoms in total. The number of thiazole rings is 1. The van der Waals surface area contributed by atoms with E-state index < -0.39 is 11.7 Å². The Morgan fingerprint density at radius 2 is 1.90 bits per heavy atom. The Hall–Kier alpha value is -2.52. The van der Waals surface area contributed by atoms with Gasteiger partial charge in [-0.2, -0.15) is 17.7 Å². The van der Waals surface area contributed by atoms with Crippen molar-refractivity contribution in [2.24, 2.45) is 0 Å². The lowest BCUT2D eigenvalue weighted by Gasteiger charge is -2.13. The number of anilines is 1. The number of halogens is 3. The summed E-state index contributed by atoms with van der Waals surface area (Å²) in [5.74, 6) is 0. The van der Waals surface area contributed by atoms with Crippen molar-refractivity contribution in [2.75, 3.05) is 11.9 Å². The molecule has 9 heteroatoms. The molecule has 2 aromatic heterocycles. The average molecular weight is 465 g/mol. The highest BCUT2D eigenvalue weighted by Crippen LogP contribution is 2.50. The molecule has 0 fully saturated rings. The van der Waals surface area contributed by atoms with Gasteiger partial charge >= 0.3 is 6.18 Å². The average Bonchev–Trinajstić information content (AvgIpc) is 3.23. The van der Waals surface area contributed by atoms with Crippen molar-refractivity contribution >= 4 is 39.9 Å². The molecule has 3 heterocycles. The van der Waals surface area contributed by atoms with Gasteiger partial charge in [-0.3, -0.25) is 9.36 Å². The van der Waals surface area contributed by atoms with Crippen molar-refractivity contribution in [3.05, 3.63) is 73.4 Å². The van der Waals surface area contributed by atoms with E-state index in [4.69, 9.17) is 0 Å². The first kappa shape index (κ1) is 21.7. The Morgan fingerprint density at radius 1 is 1.13 bits per heavy atom. The first-order valence-corrected chi connectivity index (χ1v) is 11.5. The summed E-state index contributed by atoms with van der Waals surface area (Å²) in [6, 6.07) is 9.99. The zero-order valence-electron chi connectivity index (χ0n) is 17.2. The van der Waals surface area contributed by atoms with Gasteiger partial charge in [-0.15, -0.1) is 11.3 Å². The Kier molecular flexibility index (Phi) is 5.74. The maximum absolute atomic E-state index is 13.5. The van der Waals surface area contributed by atoms with E-state index in [2.05, 4.69) is 4.57 Å². The summed E-state index contributed by atoms with van der Waals surface area (Å²) in [4.78, 5) is 15.0. The number of pyridine rings is 1. The minimum atomic E-state index is -4.45. The fourth-order valence-electron chi connectivity index (χ4n) is 3.60. The molecule has 4 rings (SSSR count). The van der Waals surface area contributed by atoms with E-state index in [-0.39, 0.29) is 10.5 Å². The molecule has 0 atom stereocenters. The number of benzene rings is 1. The number of hydrogen-bond acceptors (Lipinski definition) is 4. The topological polar surface area (TPSA) is 29.1 Å². The molecule has 1 aliphatic heterocycles. The number of alkyl halides is 3. The van der Waals surface area contributed by atoms with Crippen LogP contribution in [0.1, 0.15) is 25.1 Å². The Balaban J connectivity index is 1.94. The van der Waals surface area contributed by atoms with Gasteiger partial charge in [-0.1, -0.05) is 17.8 Å². The SMILES string of the molecule is CCn1c(=O)/c(=C2\Sc3c(cccc3C(F)(F)F)N2C)s/c1=C\c1cccc[n+]1CC. The van der Waals surface area contributed by atoms with Gasteiger partial charge in [-0.25, -0.2) is 0 Å². The number of fused-ring (bicyclic) bond motifs is 1. The molecule has 3 aromatic rings. The van der Waals surface area contributed by atoms with Crippen LogP contribution in [0.4, 0.5) is 18.9 Å². The van der Waals surface area contributed by atoms with Crippen LogP contribution in [0.3, 0.4) is 0 Å². The summed E-state index contributed by atoms with van der Waals surface area (Å²) in [7, 11) is 1.70. The maximum atomic E-state index is 13.5. The smallest absolute Gasteiger partial charge is 0.337 e. The number of rotatable bonds is 3. The third-order valence-corrected chi connectivity index (χ3v) is 7.73. The van der Waals surface area contributed by atoms with Gasteiger partial charge in [0.05, 0.1) is 11.3 Å². The molecule has 31 heavy (non-hydrogen) atoms. The van der Waals surface area contributed by atoms with E-state index >= 15 is 0 Å². The third kappa shape index (κ3) is 3.80. The summed E-state index contributed by atoms with van der Waals surface area (Å²) >= 11 is 2.32. The monoisotopic (exact) mass is 464 g/mol. The van der Waals surface area contributed by atoms with Crippen LogP contribution >= 0.6 is 23.1 Å². The standard InChI is InChI=1S/C22H21F3N3OS2/c1-4-27-12-7-6-9-14(27)13-17-28(5-2)20(29)19(30-17)21-26(3)16-11-8-10-15(18(16)31-21)22(23,24)25/h6-13H,4-5H2,1-3H3/q+1/b21-19+. The fourth-order valence-corrected chi connectivity index (χ4v) is 6.19. The van der Waals surface area contributed by atoms with Crippen molar-refractivity contribution in [1.82, 2.24) is 4.57 Å². The number of aryl methyl sites for hydroxylation is 1. The van der Waals surface area contributed by atoms with Gasteiger partial charge in [0.2, 0.25) is 5.69 Å². The quantitative estimate of drug-likeness (QED) is 0.557. The maximum Gasteiger partial charge on any atom is 0.417 e. The van der Waals surface area contributed by atoms with E-state index in [0.717, 1.165) is 34.7 Å². The molecule has 1 aromatic carbocycles. The minimum absolute atomic E-state index is 0.140. The first-order valence-electron chi connectivity index (χ1n) is 9.82. The van der Waals surface area contributed by atoms with E-state index in [1.165, 1.54) is 17.4 Å². The largest absolute Gasteiger partial charge is 0.417 e. The molecule has 0 radical (unpaired) electrons. The Labute approximate surface area is 185 Å². The van der Waals surface area contributed by atoms with Gasteiger partial charge < -0.3 is 4.90 Å². The lowest BCUT2D eigenvalue weighted by atomic mass is 10.2. The van der Waals surface area contributed by atoms with Crippen LogP contribution in [-0.4, -0.2) is 11.6 Å². The molecule has 0 N–H and O–H groups in total. The van der Waals surface area contributed by atoms with Gasteiger partial charge in [0.1, 0.15) is 20.8 Å². The summed E-state index contributed by atoms with van der Waals surface area (Å²) in [6.45, 7) is 5.19. The van der Waals surface area contributed by atoms with Gasteiger partial charge in [0.25, 0.3) is 5.56 Å². The van der Waals surface area contributed by atoms with E-state index in [0.29, 0.717) is 21.8 Å². The van der Waals surface area contributed by atoms with Crippen LogP contribution in [0.2, 0.25) is 0 Å². The number of thioether (sulfide) groups is 1. The van der Waals surface area contributed by atoms with Crippen molar-refractivity contribution in [2.45, 2.75) is 38.0 Å². The predicted octanol–water partition coefficient (Wildman–Crippen LogP) is 3.39. The van der Waals surface area contributed by atoms with Crippen LogP contribution < -0.4 is 24.2 Å². The van der Waals surface area contributed by atoms with E-state index in [1.807, 2.05) is 44.3 Å². The number of nitrogens with zero attached hydrogens (tertiary/aromatic N) is 3. The molecule has 0 spiro atoms. The van der Waals surface area contributed by atoms with Crippen LogP contribution in [0.15, 0.2) is 52.3 Å². The summed E-state index contributed by atoms with van der Waals surface area (Å²) in [5.41, 5.74) is 0.556. The molecule has 0 amide bonds. The zero-order valence-corrected chi connectivity index (χ0v) is 18.9. The lowest BCUT2D eigenvalue weighted by molar-refractivity contribution is -0.695. The van der Waals surface area contributed by atoms with E-state index in [9.17, 15) is 18.0 Å². The second-order valence-electron chi connectivity index (χ2n) is 6.99. The number of hydrogen-bond donors (Lipinski definition) is 0. The summed E-state index contributed by atoms with van der Waals surface area (Å²) in [5, 5.41) is 0.528. The Morgan fingerprint density at radius 3 is 2.58 bits per heavy atom. The molecule has 0 saturated heterocycles. The molecule has 1 aliphatic rings. The Bertz CT molecular complexity index is 1320. The molecule has 162 valence electrons. The summed E-state index contributed by atoms with van der Waals surface area (Å²) in [6.07, 6.45) is -0.524. The highest BCUT2D eigenvalue weighted by molar-refractivity contribution is 8.08. The van der Waals surface area contributed by atoms with Crippen LogP contribution in [-0.2, 0) is 19.3 Å². The van der Waals surface area contributed by atoms with Crippen molar-refractivity contribution in [3.63, 3.8) is 0 Å². The molecule has 0 saturated carbocycles. The number of aromatic nitrogens is 2. The van der Waals surface area contributed by atoms with Crippen LogP contribution in [0.5, 0.6) is 0 Å². The van der Waals surface area contributed by atoms with Gasteiger partial charge in [0, 0.05) is 36.7 Å². The van der Waals surface area contributed by atoms with E-state index in [1.54, 1.807) is 22.6 Å². The summed E-state index contributed by atoms with van der Waals surface area (Å²) < 4.78 is 45.5. The second-order valence-corrected chi connectivity index (χ2v) is 9.02. The van der Waals surface area contributed by atoms with Crippen molar-refractivity contribution < 1.29 is 17.7 Å². The normalized spacial score (nSPS) is 16.2. The predicted molar refractivity (Wildman–Crippen MR) is 118 cm³/mol. The zero-order chi connectivity index (χ0) is 22.3. The molecule has 0 unspecified atom stereocenters.